The van der Waals surface area contributed by atoms with Crippen LogP contribution in [0.25, 0.3) is 10.2 Å². The lowest BCUT2D eigenvalue weighted by Crippen LogP contribution is -2.12. The zero-order chi connectivity index (χ0) is 18.3. The molecule has 0 bridgehead atoms. The molecule has 2 heterocycles. The maximum atomic E-state index is 12.9. The average Bonchev–Trinajstić information content (AvgIpc) is 2.87. The van der Waals surface area contributed by atoms with Crippen LogP contribution in [0.1, 0.15) is 38.5 Å². The molecule has 3 N–H and O–H groups in total. The largest absolute Gasteiger partial charge is 0.397 e. The summed E-state index contributed by atoms with van der Waals surface area (Å²) in [6.07, 6.45) is -2.67. The molecule has 0 fully saturated rings. The topological polar surface area (TPSA) is 68.0 Å². The molecule has 0 aliphatic carbocycles. The molecule has 7 heteroatoms. The minimum absolute atomic E-state index is 0.271. The summed E-state index contributed by atoms with van der Waals surface area (Å²) in [6, 6.07) is 6.99. The van der Waals surface area contributed by atoms with Gasteiger partial charge in [0.2, 0.25) is 0 Å². The van der Waals surface area contributed by atoms with Gasteiger partial charge in [-0.05, 0) is 44.0 Å². The summed E-state index contributed by atoms with van der Waals surface area (Å²) in [4.78, 5) is 17.2. The molecule has 0 unspecified atom stereocenters. The van der Waals surface area contributed by atoms with Gasteiger partial charge in [-0.15, -0.1) is 11.3 Å². The van der Waals surface area contributed by atoms with Gasteiger partial charge in [-0.25, -0.2) is 13.8 Å². The number of rotatable bonds is 3. The molecular weight excluding hydrogens is 344 g/mol. The minimum atomic E-state index is -2.67. The van der Waals surface area contributed by atoms with Crippen molar-refractivity contribution in [3.05, 3.63) is 51.5 Å². The summed E-state index contributed by atoms with van der Waals surface area (Å²) >= 11 is 1.02. The van der Waals surface area contributed by atoms with Crippen LogP contribution in [-0.2, 0) is 0 Å². The van der Waals surface area contributed by atoms with E-state index in [1.54, 1.807) is 6.92 Å². The molecule has 2 aromatic heterocycles. The number of pyridine rings is 1. The smallest absolute Gasteiger partial charge is 0.280 e. The van der Waals surface area contributed by atoms with Crippen molar-refractivity contribution in [2.75, 3.05) is 11.1 Å². The number of halogens is 2. The van der Waals surface area contributed by atoms with Crippen molar-refractivity contribution in [3.63, 3.8) is 0 Å². The molecule has 0 atom stereocenters. The minimum Gasteiger partial charge on any atom is -0.397 e. The number of benzene rings is 1. The van der Waals surface area contributed by atoms with E-state index >= 15 is 0 Å². The van der Waals surface area contributed by atoms with E-state index in [-0.39, 0.29) is 22.2 Å². The molecule has 3 rings (SSSR count). The molecule has 0 radical (unpaired) electrons. The molecule has 1 aromatic carbocycles. The normalized spacial score (nSPS) is 11.3. The van der Waals surface area contributed by atoms with Crippen molar-refractivity contribution in [1.29, 1.82) is 0 Å². The third kappa shape index (κ3) is 3.19. The lowest BCUT2D eigenvalue weighted by Gasteiger charge is -2.08. The SMILES string of the molecule is Cc1ccc(NC(=O)c2sc3nc(C(F)F)cc(C)c3c2N)c(C)c1. The van der Waals surface area contributed by atoms with Crippen LogP contribution in [0.2, 0.25) is 0 Å². The van der Waals surface area contributed by atoms with Crippen molar-refractivity contribution in [3.8, 4) is 0 Å². The molecule has 0 saturated carbocycles. The van der Waals surface area contributed by atoms with Gasteiger partial charge in [-0.1, -0.05) is 17.7 Å². The molecular formula is C18H17F2N3OS. The number of hydrogen-bond acceptors (Lipinski definition) is 4. The number of nitrogen functional groups attached to an aromatic ring is 1. The highest BCUT2D eigenvalue weighted by molar-refractivity contribution is 7.21. The predicted octanol–water partition coefficient (Wildman–Crippen LogP) is 4.99. The molecule has 4 nitrogen and oxygen atoms in total. The molecule has 0 aliphatic rings. The average molecular weight is 361 g/mol. The van der Waals surface area contributed by atoms with E-state index < -0.39 is 6.43 Å². The van der Waals surface area contributed by atoms with Crippen molar-refractivity contribution in [2.24, 2.45) is 0 Å². The molecule has 0 saturated heterocycles. The fraction of sp³-hybridized carbons (Fsp3) is 0.222. The van der Waals surface area contributed by atoms with E-state index in [1.165, 1.54) is 6.07 Å². The maximum absolute atomic E-state index is 12.9. The number of anilines is 2. The molecule has 0 spiro atoms. The van der Waals surface area contributed by atoms with Crippen molar-refractivity contribution >= 4 is 38.8 Å². The number of carbonyl (C=O) groups excluding carboxylic acids is 1. The van der Waals surface area contributed by atoms with Gasteiger partial charge in [0.05, 0.1) is 5.69 Å². The van der Waals surface area contributed by atoms with Crippen LogP contribution in [0.4, 0.5) is 20.2 Å². The van der Waals surface area contributed by atoms with E-state index in [1.807, 2.05) is 32.0 Å². The van der Waals surface area contributed by atoms with E-state index in [4.69, 9.17) is 5.73 Å². The van der Waals surface area contributed by atoms with Crippen molar-refractivity contribution < 1.29 is 13.6 Å². The Morgan fingerprint density at radius 3 is 2.56 bits per heavy atom. The molecule has 3 aromatic rings. The number of aromatic nitrogens is 1. The highest BCUT2D eigenvalue weighted by atomic mass is 32.1. The molecule has 1 amide bonds. The second kappa shape index (κ2) is 6.40. The standard InChI is InChI=1S/C18H17F2N3OS/c1-8-4-5-11(9(2)6-8)22-17(24)15-14(21)13-10(3)7-12(16(19)20)23-18(13)25-15/h4-7,16H,21H2,1-3H3,(H,22,24). The number of fused-ring (bicyclic) bond motifs is 1. The van der Waals surface area contributed by atoms with Gasteiger partial charge in [0.1, 0.15) is 15.4 Å². The fourth-order valence-electron chi connectivity index (χ4n) is 2.75. The van der Waals surface area contributed by atoms with E-state index in [0.717, 1.165) is 22.5 Å². The van der Waals surface area contributed by atoms with Gasteiger partial charge < -0.3 is 11.1 Å². The zero-order valence-corrected chi connectivity index (χ0v) is 14.8. The number of hydrogen-bond donors (Lipinski definition) is 2. The Morgan fingerprint density at radius 1 is 1.20 bits per heavy atom. The van der Waals surface area contributed by atoms with Crippen LogP contribution < -0.4 is 11.1 Å². The monoisotopic (exact) mass is 361 g/mol. The lowest BCUT2D eigenvalue weighted by molar-refractivity contribution is 0.103. The number of amides is 1. The number of carbonyl (C=O) groups is 1. The highest BCUT2D eigenvalue weighted by Gasteiger charge is 2.21. The first-order valence-corrected chi connectivity index (χ1v) is 8.46. The number of nitrogens with zero attached hydrogens (tertiary/aromatic N) is 1. The third-order valence-electron chi connectivity index (χ3n) is 3.98. The maximum Gasteiger partial charge on any atom is 0.280 e. The lowest BCUT2D eigenvalue weighted by atomic mass is 10.1. The van der Waals surface area contributed by atoms with Crippen LogP contribution >= 0.6 is 11.3 Å². The van der Waals surface area contributed by atoms with Crippen LogP contribution in [0.3, 0.4) is 0 Å². The Kier molecular flexibility index (Phi) is 4.43. The quantitative estimate of drug-likeness (QED) is 0.690. The first kappa shape index (κ1) is 17.3. The van der Waals surface area contributed by atoms with Gasteiger partial charge in [0.25, 0.3) is 12.3 Å². The Balaban J connectivity index is 2.01. The fourth-order valence-corrected chi connectivity index (χ4v) is 3.82. The van der Waals surface area contributed by atoms with Gasteiger partial charge in [0, 0.05) is 11.1 Å². The van der Waals surface area contributed by atoms with Gasteiger partial charge in [-0.2, -0.15) is 0 Å². The third-order valence-corrected chi connectivity index (χ3v) is 5.07. The Labute approximate surface area is 147 Å². The summed E-state index contributed by atoms with van der Waals surface area (Å²) < 4.78 is 25.9. The number of alkyl halides is 2. The molecule has 25 heavy (non-hydrogen) atoms. The van der Waals surface area contributed by atoms with Gasteiger partial charge in [-0.3, -0.25) is 4.79 Å². The Morgan fingerprint density at radius 2 is 1.92 bits per heavy atom. The summed E-state index contributed by atoms with van der Waals surface area (Å²) in [7, 11) is 0. The number of thiophene rings is 1. The zero-order valence-electron chi connectivity index (χ0n) is 14.0. The van der Waals surface area contributed by atoms with E-state index in [9.17, 15) is 13.6 Å². The van der Waals surface area contributed by atoms with Gasteiger partial charge >= 0.3 is 0 Å². The first-order valence-electron chi connectivity index (χ1n) is 7.64. The van der Waals surface area contributed by atoms with E-state index in [2.05, 4.69) is 10.3 Å². The molecule has 130 valence electrons. The predicted molar refractivity (Wildman–Crippen MR) is 97.6 cm³/mol. The van der Waals surface area contributed by atoms with Gasteiger partial charge in [0.15, 0.2) is 0 Å². The Hall–Kier alpha value is -2.54. The summed E-state index contributed by atoms with van der Waals surface area (Å²) in [5.74, 6) is -0.370. The number of aryl methyl sites for hydroxylation is 3. The van der Waals surface area contributed by atoms with Crippen LogP contribution in [0.15, 0.2) is 24.3 Å². The summed E-state index contributed by atoms with van der Waals surface area (Å²) in [5.41, 5.74) is 9.36. The summed E-state index contributed by atoms with van der Waals surface area (Å²) in [6.45, 7) is 5.56. The second-order valence-electron chi connectivity index (χ2n) is 5.96. The van der Waals surface area contributed by atoms with Crippen LogP contribution in [0.5, 0.6) is 0 Å². The highest BCUT2D eigenvalue weighted by Crippen LogP contribution is 2.36. The Bertz CT molecular complexity index is 982. The second-order valence-corrected chi connectivity index (χ2v) is 6.96. The van der Waals surface area contributed by atoms with Crippen LogP contribution in [-0.4, -0.2) is 10.9 Å². The van der Waals surface area contributed by atoms with E-state index in [0.29, 0.717) is 21.5 Å². The van der Waals surface area contributed by atoms with Crippen molar-refractivity contribution in [1.82, 2.24) is 4.98 Å². The first-order chi connectivity index (χ1) is 11.8. The molecule has 0 aliphatic heterocycles. The summed E-state index contributed by atoms with van der Waals surface area (Å²) in [5, 5.41) is 3.38. The number of nitrogens with two attached hydrogens (primary N) is 1. The number of nitrogens with one attached hydrogen (secondary N) is 1. The van der Waals surface area contributed by atoms with Crippen molar-refractivity contribution in [2.45, 2.75) is 27.2 Å². The van der Waals surface area contributed by atoms with Crippen LogP contribution in [0, 0.1) is 20.8 Å².